The molecule has 1 aromatic rings. The van der Waals surface area contributed by atoms with Crippen LogP contribution < -0.4 is 0 Å². The molecule has 0 bridgehead atoms. The molecular formula is C11H12BrNO3S. The molecule has 6 heteroatoms. The Kier molecular flexibility index (Phi) is 3.83. The van der Waals surface area contributed by atoms with E-state index in [-0.39, 0.29) is 11.7 Å². The van der Waals surface area contributed by atoms with Crippen LogP contribution in [0.2, 0.25) is 0 Å². The van der Waals surface area contributed by atoms with E-state index in [1.54, 1.807) is 17.0 Å². The summed E-state index contributed by atoms with van der Waals surface area (Å²) in [7, 11) is -0.807. The molecule has 1 aliphatic rings. The van der Waals surface area contributed by atoms with Crippen LogP contribution in [0.4, 0.5) is 0 Å². The fourth-order valence-corrected chi connectivity index (χ4v) is 3.10. The van der Waals surface area contributed by atoms with E-state index in [0.717, 1.165) is 4.47 Å². The third kappa shape index (κ3) is 2.87. The summed E-state index contributed by atoms with van der Waals surface area (Å²) in [6.45, 7) is 0.974. The summed E-state index contributed by atoms with van der Waals surface area (Å²) in [5.74, 6) is 0.800. The third-order valence-electron chi connectivity index (χ3n) is 2.66. The van der Waals surface area contributed by atoms with Gasteiger partial charge in [-0.25, -0.2) is 0 Å². The van der Waals surface area contributed by atoms with Crippen molar-refractivity contribution in [2.75, 3.05) is 24.6 Å². The number of benzene rings is 1. The Labute approximate surface area is 110 Å². The van der Waals surface area contributed by atoms with E-state index in [9.17, 15) is 14.1 Å². The van der Waals surface area contributed by atoms with E-state index in [1.165, 1.54) is 6.07 Å². The standard InChI is InChI=1S/C11H12BrNO3S/c12-8-1-2-9(10(14)7-8)11(15)13-3-5-17(16)6-4-13/h1-2,7,14H,3-6H2. The molecule has 1 N–H and O–H groups in total. The smallest absolute Gasteiger partial charge is 0.257 e. The van der Waals surface area contributed by atoms with Crippen LogP contribution in [0.3, 0.4) is 0 Å². The number of carbonyl (C=O) groups excluding carboxylic acids is 1. The predicted octanol–water partition coefficient (Wildman–Crippen LogP) is 1.36. The highest BCUT2D eigenvalue weighted by molar-refractivity contribution is 9.10. The zero-order valence-corrected chi connectivity index (χ0v) is 11.5. The minimum Gasteiger partial charge on any atom is -0.507 e. The lowest BCUT2D eigenvalue weighted by molar-refractivity contribution is 0.0768. The minimum absolute atomic E-state index is 0.0314. The number of rotatable bonds is 1. The van der Waals surface area contributed by atoms with Gasteiger partial charge in [0.15, 0.2) is 0 Å². The Bertz CT molecular complexity index is 468. The van der Waals surface area contributed by atoms with Crippen molar-refractivity contribution in [1.29, 1.82) is 0 Å². The number of amides is 1. The minimum atomic E-state index is -0.807. The largest absolute Gasteiger partial charge is 0.507 e. The Hall–Kier alpha value is -0.880. The molecule has 1 fully saturated rings. The highest BCUT2D eigenvalue weighted by atomic mass is 79.9. The van der Waals surface area contributed by atoms with Crippen LogP contribution in [-0.4, -0.2) is 44.7 Å². The number of hydrogen-bond donors (Lipinski definition) is 1. The van der Waals surface area contributed by atoms with E-state index in [0.29, 0.717) is 30.2 Å². The third-order valence-corrected chi connectivity index (χ3v) is 4.42. The lowest BCUT2D eigenvalue weighted by Gasteiger charge is -2.26. The maximum absolute atomic E-state index is 12.1. The van der Waals surface area contributed by atoms with E-state index in [1.807, 2.05) is 0 Å². The van der Waals surface area contributed by atoms with Crippen molar-refractivity contribution in [3.8, 4) is 5.75 Å². The van der Waals surface area contributed by atoms with Crippen molar-refractivity contribution < 1.29 is 14.1 Å². The van der Waals surface area contributed by atoms with Gasteiger partial charge in [-0.2, -0.15) is 0 Å². The normalized spacial score (nSPS) is 17.1. The molecule has 1 amide bonds. The van der Waals surface area contributed by atoms with Crippen molar-refractivity contribution >= 4 is 32.6 Å². The topological polar surface area (TPSA) is 57.6 Å². The van der Waals surface area contributed by atoms with E-state index >= 15 is 0 Å². The SMILES string of the molecule is O=C(c1ccc(Br)cc1O)N1CCS(=O)CC1. The van der Waals surface area contributed by atoms with Crippen LogP contribution in [0, 0.1) is 0 Å². The molecule has 0 unspecified atom stereocenters. The molecule has 0 atom stereocenters. The second kappa shape index (κ2) is 5.18. The number of phenols is 1. The Morgan fingerprint density at radius 3 is 2.59 bits per heavy atom. The van der Waals surface area contributed by atoms with Gasteiger partial charge in [0.2, 0.25) is 0 Å². The predicted molar refractivity (Wildman–Crippen MR) is 69.6 cm³/mol. The van der Waals surface area contributed by atoms with Gasteiger partial charge in [-0.05, 0) is 18.2 Å². The van der Waals surface area contributed by atoms with Crippen LogP contribution >= 0.6 is 15.9 Å². The maximum Gasteiger partial charge on any atom is 0.257 e. The van der Waals surface area contributed by atoms with Crippen molar-refractivity contribution in [2.45, 2.75) is 0 Å². The average molecular weight is 318 g/mol. The monoisotopic (exact) mass is 317 g/mol. The first kappa shape index (κ1) is 12.6. The highest BCUT2D eigenvalue weighted by Crippen LogP contribution is 2.23. The van der Waals surface area contributed by atoms with E-state index in [2.05, 4.69) is 15.9 Å². The summed E-state index contributed by atoms with van der Waals surface area (Å²) in [5, 5.41) is 9.71. The molecule has 0 aliphatic carbocycles. The lowest BCUT2D eigenvalue weighted by atomic mass is 10.1. The fraction of sp³-hybridized carbons (Fsp3) is 0.364. The molecule has 0 saturated carbocycles. The van der Waals surface area contributed by atoms with Gasteiger partial charge in [0.25, 0.3) is 5.91 Å². The number of nitrogens with zero attached hydrogens (tertiary/aromatic N) is 1. The molecule has 17 heavy (non-hydrogen) atoms. The van der Waals surface area contributed by atoms with Gasteiger partial charge in [-0.15, -0.1) is 0 Å². The summed E-state index contributed by atoms with van der Waals surface area (Å²) < 4.78 is 11.9. The number of halogens is 1. The summed E-state index contributed by atoms with van der Waals surface area (Å²) in [6.07, 6.45) is 0. The number of carbonyl (C=O) groups is 1. The van der Waals surface area contributed by atoms with Crippen LogP contribution in [0.1, 0.15) is 10.4 Å². The summed E-state index contributed by atoms with van der Waals surface area (Å²) in [6, 6.07) is 4.80. The molecule has 4 nitrogen and oxygen atoms in total. The van der Waals surface area contributed by atoms with E-state index in [4.69, 9.17) is 0 Å². The zero-order chi connectivity index (χ0) is 12.4. The molecule has 1 heterocycles. The van der Waals surface area contributed by atoms with Crippen molar-refractivity contribution in [1.82, 2.24) is 4.90 Å². The Morgan fingerprint density at radius 2 is 2.00 bits per heavy atom. The molecule has 0 spiro atoms. The van der Waals surface area contributed by atoms with Gasteiger partial charge in [0, 0.05) is 39.9 Å². The van der Waals surface area contributed by atoms with Gasteiger partial charge >= 0.3 is 0 Å². The summed E-state index contributed by atoms with van der Waals surface area (Å²) in [4.78, 5) is 13.7. The van der Waals surface area contributed by atoms with Crippen LogP contribution in [0.5, 0.6) is 5.75 Å². The molecule has 2 rings (SSSR count). The molecular weight excluding hydrogens is 306 g/mol. The van der Waals surface area contributed by atoms with Gasteiger partial charge in [0.1, 0.15) is 5.75 Å². The number of phenolic OH excluding ortho intramolecular Hbond substituents is 1. The summed E-state index contributed by atoms with van der Waals surface area (Å²) in [5.41, 5.74) is 0.292. The van der Waals surface area contributed by atoms with Crippen molar-refractivity contribution in [2.24, 2.45) is 0 Å². The van der Waals surface area contributed by atoms with Gasteiger partial charge in [-0.1, -0.05) is 15.9 Å². The molecule has 1 aromatic carbocycles. The van der Waals surface area contributed by atoms with Crippen LogP contribution in [-0.2, 0) is 10.8 Å². The van der Waals surface area contributed by atoms with Crippen molar-refractivity contribution in [3.63, 3.8) is 0 Å². The molecule has 1 aliphatic heterocycles. The average Bonchev–Trinajstić information content (AvgIpc) is 2.29. The van der Waals surface area contributed by atoms with Gasteiger partial charge in [-0.3, -0.25) is 9.00 Å². The first-order valence-electron chi connectivity index (χ1n) is 5.20. The molecule has 0 aromatic heterocycles. The van der Waals surface area contributed by atoms with Gasteiger partial charge in [0.05, 0.1) is 5.56 Å². The van der Waals surface area contributed by atoms with Crippen LogP contribution in [0.15, 0.2) is 22.7 Å². The summed E-state index contributed by atoms with van der Waals surface area (Å²) >= 11 is 3.22. The van der Waals surface area contributed by atoms with Gasteiger partial charge < -0.3 is 10.0 Å². The number of aromatic hydroxyl groups is 1. The van der Waals surface area contributed by atoms with Crippen LogP contribution in [0.25, 0.3) is 0 Å². The Morgan fingerprint density at radius 1 is 1.35 bits per heavy atom. The quantitative estimate of drug-likeness (QED) is 0.851. The first-order valence-corrected chi connectivity index (χ1v) is 7.49. The first-order chi connectivity index (χ1) is 8.08. The van der Waals surface area contributed by atoms with E-state index < -0.39 is 10.8 Å². The highest BCUT2D eigenvalue weighted by Gasteiger charge is 2.23. The molecule has 92 valence electrons. The zero-order valence-electron chi connectivity index (χ0n) is 9.06. The molecule has 0 radical (unpaired) electrons. The second-order valence-corrected chi connectivity index (χ2v) is 6.41. The Balaban J connectivity index is 2.16. The molecule has 1 saturated heterocycles. The lowest BCUT2D eigenvalue weighted by Crippen LogP contribution is -2.41. The fourth-order valence-electron chi connectivity index (χ4n) is 1.70. The van der Waals surface area contributed by atoms with Crippen molar-refractivity contribution in [3.05, 3.63) is 28.2 Å². The number of hydrogen-bond acceptors (Lipinski definition) is 3. The maximum atomic E-state index is 12.1. The second-order valence-electron chi connectivity index (χ2n) is 3.80.